The number of benzene rings is 1. The summed E-state index contributed by atoms with van der Waals surface area (Å²) in [6, 6.07) is 6.51. The number of carboxylic acid groups (broad SMARTS) is 1. The summed E-state index contributed by atoms with van der Waals surface area (Å²) in [5, 5.41) is 12.2. The Morgan fingerprint density at radius 3 is 2.43 bits per heavy atom. The zero-order chi connectivity index (χ0) is 15.2. The fourth-order valence-electron chi connectivity index (χ4n) is 2.77. The highest BCUT2D eigenvalue weighted by Crippen LogP contribution is 2.24. The third kappa shape index (κ3) is 3.97. The van der Waals surface area contributed by atoms with Crippen LogP contribution in [0.15, 0.2) is 24.3 Å². The van der Waals surface area contributed by atoms with Crippen molar-refractivity contribution in [1.82, 2.24) is 5.32 Å². The van der Waals surface area contributed by atoms with E-state index in [1.807, 2.05) is 0 Å². The predicted octanol–water partition coefficient (Wildman–Crippen LogP) is 2.46. The highest BCUT2D eigenvalue weighted by molar-refractivity contribution is 5.94. The molecule has 1 aromatic carbocycles. The number of methoxy groups -OCH3 is 1. The molecule has 0 spiro atoms. The molecular weight excluding hydrogens is 270 g/mol. The van der Waals surface area contributed by atoms with Gasteiger partial charge in [0.1, 0.15) is 5.75 Å². The van der Waals surface area contributed by atoms with E-state index in [-0.39, 0.29) is 11.9 Å². The first kappa shape index (κ1) is 15.4. The largest absolute Gasteiger partial charge is 0.497 e. The van der Waals surface area contributed by atoms with Crippen LogP contribution in [0.5, 0.6) is 5.75 Å². The Balaban J connectivity index is 2.06. The summed E-state index contributed by atoms with van der Waals surface area (Å²) in [6.45, 7) is 0. The van der Waals surface area contributed by atoms with Gasteiger partial charge >= 0.3 is 5.97 Å². The first-order chi connectivity index (χ1) is 10.1. The van der Waals surface area contributed by atoms with E-state index in [1.54, 1.807) is 31.4 Å². The van der Waals surface area contributed by atoms with Crippen molar-refractivity contribution in [3.8, 4) is 5.75 Å². The number of rotatable bonds is 4. The minimum atomic E-state index is -0.822. The summed E-state index contributed by atoms with van der Waals surface area (Å²) < 4.78 is 5.05. The van der Waals surface area contributed by atoms with E-state index >= 15 is 0 Å². The molecule has 2 atom stereocenters. The molecule has 2 N–H and O–H groups in total. The zero-order valence-corrected chi connectivity index (χ0v) is 12.2. The van der Waals surface area contributed by atoms with Crippen LogP contribution < -0.4 is 10.1 Å². The summed E-state index contributed by atoms with van der Waals surface area (Å²) in [5.74, 6) is -0.855. The number of carbonyl (C=O) groups excluding carboxylic acids is 1. The van der Waals surface area contributed by atoms with E-state index in [1.165, 1.54) is 0 Å². The maximum absolute atomic E-state index is 12.2. The summed E-state index contributed by atoms with van der Waals surface area (Å²) in [7, 11) is 1.57. The van der Waals surface area contributed by atoms with Crippen LogP contribution in [0.4, 0.5) is 0 Å². The lowest BCUT2D eigenvalue weighted by Crippen LogP contribution is -2.42. The van der Waals surface area contributed by atoms with Gasteiger partial charge in [-0.05, 0) is 37.1 Å². The third-order valence-corrected chi connectivity index (χ3v) is 4.00. The van der Waals surface area contributed by atoms with Crippen molar-refractivity contribution in [1.29, 1.82) is 0 Å². The van der Waals surface area contributed by atoms with Gasteiger partial charge in [-0.15, -0.1) is 0 Å². The van der Waals surface area contributed by atoms with Crippen LogP contribution in [0.1, 0.15) is 42.5 Å². The average molecular weight is 291 g/mol. The number of aliphatic carboxylic acids is 1. The smallest absolute Gasteiger partial charge is 0.308 e. The van der Waals surface area contributed by atoms with E-state index < -0.39 is 11.9 Å². The van der Waals surface area contributed by atoms with Crippen molar-refractivity contribution in [3.05, 3.63) is 29.8 Å². The lowest BCUT2D eigenvalue weighted by atomic mass is 9.94. The van der Waals surface area contributed by atoms with Crippen molar-refractivity contribution >= 4 is 11.9 Å². The molecule has 2 rings (SSSR count). The van der Waals surface area contributed by atoms with Crippen LogP contribution >= 0.6 is 0 Å². The van der Waals surface area contributed by atoms with Crippen molar-refractivity contribution in [2.24, 2.45) is 5.92 Å². The molecule has 1 aliphatic rings. The average Bonchev–Trinajstić information content (AvgIpc) is 2.72. The first-order valence-corrected chi connectivity index (χ1v) is 7.29. The van der Waals surface area contributed by atoms with Gasteiger partial charge < -0.3 is 15.2 Å². The second kappa shape index (κ2) is 7.11. The Morgan fingerprint density at radius 1 is 1.14 bits per heavy atom. The molecule has 114 valence electrons. The van der Waals surface area contributed by atoms with E-state index in [4.69, 9.17) is 4.74 Å². The van der Waals surface area contributed by atoms with Gasteiger partial charge in [-0.2, -0.15) is 0 Å². The molecule has 0 aromatic heterocycles. The molecule has 0 aliphatic heterocycles. The van der Waals surface area contributed by atoms with Gasteiger partial charge in [-0.1, -0.05) is 19.3 Å². The maximum atomic E-state index is 12.2. The lowest BCUT2D eigenvalue weighted by molar-refractivity contribution is -0.142. The van der Waals surface area contributed by atoms with E-state index in [0.29, 0.717) is 17.7 Å². The number of hydrogen-bond acceptors (Lipinski definition) is 3. The standard InChI is InChI=1S/C16H21NO4/c1-21-12-9-7-11(8-10-12)15(18)17-14-6-4-2-3-5-13(14)16(19)20/h7-10,13-14H,2-6H2,1H3,(H,17,18)(H,19,20). The second-order valence-electron chi connectivity index (χ2n) is 5.39. The van der Waals surface area contributed by atoms with Crippen LogP contribution in [0.3, 0.4) is 0 Å². The molecule has 0 saturated heterocycles. The molecule has 1 amide bonds. The van der Waals surface area contributed by atoms with Crippen LogP contribution in [0.25, 0.3) is 0 Å². The summed E-state index contributed by atoms with van der Waals surface area (Å²) in [6.07, 6.45) is 4.24. The zero-order valence-electron chi connectivity index (χ0n) is 12.2. The maximum Gasteiger partial charge on any atom is 0.308 e. The van der Waals surface area contributed by atoms with Gasteiger partial charge in [0.15, 0.2) is 0 Å². The van der Waals surface area contributed by atoms with Crippen LogP contribution in [-0.2, 0) is 4.79 Å². The number of amides is 1. The molecule has 0 bridgehead atoms. The van der Waals surface area contributed by atoms with Crippen molar-refractivity contribution in [2.75, 3.05) is 7.11 Å². The van der Waals surface area contributed by atoms with Gasteiger partial charge in [-0.3, -0.25) is 9.59 Å². The molecule has 0 radical (unpaired) electrons. The van der Waals surface area contributed by atoms with Gasteiger partial charge in [0.2, 0.25) is 0 Å². The number of carbonyl (C=O) groups is 2. The Kier molecular flexibility index (Phi) is 5.20. The van der Waals surface area contributed by atoms with Crippen LogP contribution in [0.2, 0.25) is 0 Å². The monoisotopic (exact) mass is 291 g/mol. The quantitative estimate of drug-likeness (QED) is 0.836. The predicted molar refractivity (Wildman–Crippen MR) is 78.5 cm³/mol. The molecule has 1 aromatic rings. The number of ether oxygens (including phenoxy) is 1. The Morgan fingerprint density at radius 2 is 1.81 bits per heavy atom. The van der Waals surface area contributed by atoms with E-state index in [2.05, 4.69) is 5.32 Å². The van der Waals surface area contributed by atoms with Crippen LogP contribution in [0, 0.1) is 5.92 Å². The molecule has 5 nitrogen and oxygen atoms in total. The SMILES string of the molecule is COc1ccc(C(=O)NC2CCCCCC2C(=O)O)cc1. The molecule has 21 heavy (non-hydrogen) atoms. The van der Waals surface area contributed by atoms with Gasteiger partial charge in [0.05, 0.1) is 13.0 Å². The van der Waals surface area contributed by atoms with Crippen LogP contribution in [-0.4, -0.2) is 30.1 Å². The van der Waals surface area contributed by atoms with Crippen molar-refractivity contribution in [3.63, 3.8) is 0 Å². The van der Waals surface area contributed by atoms with E-state index in [9.17, 15) is 14.7 Å². The van der Waals surface area contributed by atoms with Crippen molar-refractivity contribution in [2.45, 2.75) is 38.1 Å². The number of carboxylic acids is 1. The Labute approximate surface area is 124 Å². The Hall–Kier alpha value is -2.04. The van der Waals surface area contributed by atoms with Gasteiger partial charge in [0.25, 0.3) is 5.91 Å². The fourth-order valence-corrected chi connectivity index (χ4v) is 2.77. The lowest BCUT2D eigenvalue weighted by Gasteiger charge is -2.22. The number of hydrogen-bond donors (Lipinski definition) is 2. The second-order valence-corrected chi connectivity index (χ2v) is 5.39. The summed E-state index contributed by atoms with van der Waals surface area (Å²) >= 11 is 0. The third-order valence-electron chi connectivity index (χ3n) is 4.00. The first-order valence-electron chi connectivity index (χ1n) is 7.29. The van der Waals surface area contributed by atoms with Crippen molar-refractivity contribution < 1.29 is 19.4 Å². The highest BCUT2D eigenvalue weighted by Gasteiger charge is 2.30. The molecule has 0 heterocycles. The molecule has 5 heteroatoms. The van der Waals surface area contributed by atoms with Gasteiger partial charge in [-0.25, -0.2) is 0 Å². The normalized spacial score (nSPS) is 22.1. The Bertz CT molecular complexity index is 498. The summed E-state index contributed by atoms with van der Waals surface area (Å²) in [5.41, 5.74) is 0.518. The highest BCUT2D eigenvalue weighted by atomic mass is 16.5. The van der Waals surface area contributed by atoms with E-state index in [0.717, 1.165) is 25.7 Å². The molecule has 1 saturated carbocycles. The number of nitrogens with one attached hydrogen (secondary N) is 1. The topological polar surface area (TPSA) is 75.6 Å². The fraction of sp³-hybridized carbons (Fsp3) is 0.500. The molecular formula is C16H21NO4. The van der Waals surface area contributed by atoms with Gasteiger partial charge in [0, 0.05) is 11.6 Å². The summed E-state index contributed by atoms with van der Waals surface area (Å²) in [4.78, 5) is 23.6. The minimum Gasteiger partial charge on any atom is -0.497 e. The molecule has 2 unspecified atom stereocenters. The molecule has 1 fully saturated rings. The minimum absolute atomic E-state index is 0.226. The molecule has 1 aliphatic carbocycles.